The summed E-state index contributed by atoms with van der Waals surface area (Å²) < 4.78 is 7.44. The van der Waals surface area contributed by atoms with Gasteiger partial charge in [0.05, 0.1) is 23.9 Å². The second-order valence-corrected chi connectivity index (χ2v) is 6.31. The summed E-state index contributed by atoms with van der Waals surface area (Å²) in [7, 11) is 1.67. The van der Waals surface area contributed by atoms with Crippen molar-refractivity contribution in [1.82, 2.24) is 19.5 Å². The molecule has 5 nitrogen and oxygen atoms in total. The first-order chi connectivity index (χ1) is 12.3. The van der Waals surface area contributed by atoms with Crippen LogP contribution >= 0.6 is 11.8 Å². The Morgan fingerprint density at radius 3 is 2.48 bits per heavy atom. The normalized spacial score (nSPS) is 10.9. The van der Waals surface area contributed by atoms with Gasteiger partial charge in [-0.15, -0.1) is 0 Å². The van der Waals surface area contributed by atoms with E-state index >= 15 is 0 Å². The Morgan fingerprint density at radius 2 is 1.72 bits per heavy atom. The highest BCUT2D eigenvalue weighted by molar-refractivity contribution is 7.98. The lowest BCUT2D eigenvalue weighted by Gasteiger charge is -2.10. The molecule has 2 aromatic heterocycles. The number of hydrogen-bond acceptors (Lipinski definition) is 5. The molecule has 124 valence electrons. The molecule has 2 aromatic carbocycles. The maximum Gasteiger partial charge on any atom is 0.187 e. The van der Waals surface area contributed by atoms with Gasteiger partial charge in [0, 0.05) is 18.1 Å². The molecule has 0 spiro atoms. The van der Waals surface area contributed by atoms with Crippen LogP contribution in [0.2, 0.25) is 0 Å². The lowest BCUT2D eigenvalue weighted by atomic mass is 10.2. The number of benzene rings is 2. The number of methoxy groups -OCH3 is 1. The van der Waals surface area contributed by atoms with E-state index in [0.717, 1.165) is 33.5 Å². The van der Waals surface area contributed by atoms with Gasteiger partial charge in [0.15, 0.2) is 5.16 Å². The van der Waals surface area contributed by atoms with E-state index in [1.807, 2.05) is 48.5 Å². The Labute approximate surface area is 149 Å². The molecule has 0 unspecified atom stereocenters. The number of imidazole rings is 1. The number of hydrogen-bond donors (Lipinski definition) is 0. The van der Waals surface area contributed by atoms with E-state index in [4.69, 9.17) is 9.72 Å². The van der Waals surface area contributed by atoms with Crippen molar-refractivity contribution in [2.45, 2.75) is 10.9 Å². The molecule has 4 aromatic rings. The number of nitrogens with zero attached hydrogens (tertiary/aromatic N) is 4. The molecule has 0 aliphatic carbocycles. The zero-order valence-corrected chi connectivity index (χ0v) is 14.5. The predicted octanol–water partition coefficient (Wildman–Crippen LogP) is 4.12. The zero-order chi connectivity index (χ0) is 17.1. The van der Waals surface area contributed by atoms with E-state index in [1.165, 1.54) is 0 Å². The number of fused-ring (bicyclic) bond motifs is 1. The predicted molar refractivity (Wildman–Crippen MR) is 99.2 cm³/mol. The van der Waals surface area contributed by atoms with E-state index in [2.05, 4.69) is 20.6 Å². The maximum atomic E-state index is 5.26. The highest BCUT2D eigenvalue weighted by atomic mass is 32.2. The van der Waals surface area contributed by atoms with Gasteiger partial charge in [0.25, 0.3) is 0 Å². The summed E-state index contributed by atoms with van der Waals surface area (Å²) in [5.74, 6) is 2.48. The van der Waals surface area contributed by atoms with Gasteiger partial charge in [-0.1, -0.05) is 23.9 Å². The minimum Gasteiger partial charge on any atom is -0.497 e. The van der Waals surface area contributed by atoms with Crippen LogP contribution in [0.25, 0.3) is 16.7 Å². The Balaban J connectivity index is 1.75. The first kappa shape index (κ1) is 15.7. The summed E-state index contributed by atoms with van der Waals surface area (Å²) in [4.78, 5) is 13.3. The molecular formula is C19H16N4OS. The number of thioether (sulfide) groups is 1. The maximum absolute atomic E-state index is 5.26. The number of ether oxygens (including phenoxy) is 1. The minimum absolute atomic E-state index is 0.685. The Kier molecular flexibility index (Phi) is 4.35. The summed E-state index contributed by atoms with van der Waals surface area (Å²) >= 11 is 1.57. The van der Waals surface area contributed by atoms with Crippen LogP contribution in [0.1, 0.15) is 5.82 Å². The standard InChI is InChI=1S/C19H16N4OS/c1-24-15-9-7-14(8-10-15)23-17-6-3-2-5-16(17)22-18(23)13-25-19-20-11-4-12-21-19/h2-12H,13H2,1H3. The van der Waals surface area contributed by atoms with Crippen molar-refractivity contribution in [1.29, 1.82) is 0 Å². The van der Waals surface area contributed by atoms with Gasteiger partial charge in [0.2, 0.25) is 0 Å². The molecule has 6 heteroatoms. The van der Waals surface area contributed by atoms with Crippen LogP contribution in [0, 0.1) is 0 Å². The highest BCUT2D eigenvalue weighted by Crippen LogP contribution is 2.27. The third-order valence-electron chi connectivity index (χ3n) is 3.83. The molecule has 0 radical (unpaired) electrons. The van der Waals surface area contributed by atoms with Crippen molar-refractivity contribution in [3.63, 3.8) is 0 Å². The molecule has 0 saturated carbocycles. The van der Waals surface area contributed by atoms with Gasteiger partial charge >= 0.3 is 0 Å². The average Bonchev–Trinajstić information content (AvgIpc) is 3.05. The fourth-order valence-corrected chi connectivity index (χ4v) is 3.40. The molecule has 0 saturated heterocycles. The lowest BCUT2D eigenvalue weighted by Crippen LogP contribution is -2.00. The lowest BCUT2D eigenvalue weighted by molar-refractivity contribution is 0.414. The molecule has 0 amide bonds. The van der Waals surface area contributed by atoms with Crippen molar-refractivity contribution >= 4 is 22.8 Å². The van der Waals surface area contributed by atoms with Gasteiger partial charge in [-0.25, -0.2) is 15.0 Å². The summed E-state index contributed by atoms with van der Waals surface area (Å²) in [6, 6.07) is 18.0. The summed E-state index contributed by atoms with van der Waals surface area (Å²) in [6.07, 6.45) is 3.50. The van der Waals surface area contributed by atoms with Crippen LogP contribution in [-0.2, 0) is 5.75 Å². The van der Waals surface area contributed by atoms with Crippen molar-refractivity contribution in [2.24, 2.45) is 0 Å². The van der Waals surface area contributed by atoms with E-state index in [0.29, 0.717) is 5.75 Å². The fourth-order valence-electron chi connectivity index (χ4n) is 2.68. The third-order valence-corrected chi connectivity index (χ3v) is 4.70. The summed E-state index contributed by atoms with van der Waals surface area (Å²) in [5.41, 5.74) is 3.11. The Morgan fingerprint density at radius 1 is 0.960 bits per heavy atom. The molecule has 0 bridgehead atoms. The van der Waals surface area contributed by atoms with Crippen LogP contribution in [0.3, 0.4) is 0 Å². The molecule has 0 fully saturated rings. The first-order valence-corrected chi connectivity index (χ1v) is 8.84. The van der Waals surface area contributed by atoms with Crippen LogP contribution in [0.5, 0.6) is 5.75 Å². The highest BCUT2D eigenvalue weighted by Gasteiger charge is 2.13. The molecule has 2 heterocycles. The Hall–Kier alpha value is -2.86. The van der Waals surface area contributed by atoms with Crippen LogP contribution in [0.4, 0.5) is 0 Å². The van der Waals surface area contributed by atoms with Crippen molar-refractivity contribution < 1.29 is 4.74 Å². The topological polar surface area (TPSA) is 52.8 Å². The smallest absolute Gasteiger partial charge is 0.187 e. The van der Waals surface area contributed by atoms with Gasteiger partial charge < -0.3 is 4.74 Å². The number of para-hydroxylation sites is 2. The fraction of sp³-hybridized carbons (Fsp3) is 0.105. The monoisotopic (exact) mass is 348 g/mol. The quantitative estimate of drug-likeness (QED) is 0.401. The van der Waals surface area contributed by atoms with Gasteiger partial charge in [-0.05, 0) is 42.5 Å². The molecule has 0 aliphatic heterocycles. The van der Waals surface area contributed by atoms with E-state index in [1.54, 1.807) is 31.3 Å². The van der Waals surface area contributed by atoms with Gasteiger partial charge in [-0.2, -0.15) is 0 Å². The number of rotatable bonds is 5. The van der Waals surface area contributed by atoms with Gasteiger partial charge in [-0.3, -0.25) is 4.57 Å². The minimum atomic E-state index is 0.685. The molecule has 0 N–H and O–H groups in total. The second kappa shape index (κ2) is 6.94. The van der Waals surface area contributed by atoms with E-state index in [-0.39, 0.29) is 0 Å². The molecule has 4 rings (SSSR count). The van der Waals surface area contributed by atoms with Crippen LogP contribution in [-0.4, -0.2) is 26.6 Å². The van der Waals surface area contributed by atoms with Crippen molar-refractivity contribution in [2.75, 3.05) is 7.11 Å². The van der Waals surface area contributed by atoms with Crippen molar-refractivity contribution in [3.8, 4) is 11.4 Å². The average molecular weight is 348 g/mol. The van der Waals surface area contributed by atoms with Crippen molar-refractivity contribution in [3.05, 3.63) is 72.8 Å². The Bertz CT molecular complexity index is 983. The van der Waals surface area contributed by atoms with E-state index < -0.39 is 0 Å². The van der Waals surface area contributed by atoms with E-state index in [9.17, 15) is 0 Å². The van der Waals surface area contributed by atoms with Crippen LogP contribution < -0.4 is 4.74 Å². The van der Waals surface area contributed by atoms with Gasteiger partial charge in [0.1, 0.15) is 11.6 Å². The molecular weight excluding hydrogens is 332 g/mol. The summed E-state index contributed by atoms with van der Waals surface area (Å²) in [6.45, 7) is 0. The zero-order valence-electron chi connectivity index (χ0n) is 13.7. The SMILES string of the molecule is COc1ccc(-n2c(CSc3ncccn3)nc3ccccc32)cc1. The molecule has 25 heavy (non-hydrogen) atoms. The molecule has 0 aliphatic rings. The molecule has 0 atom stereocenters. The second-order valence-electron chi connectivity index (χ2n) is 5.37. The first-order valence-electron chi connectivity index (χ1n) is 7.86. The third kappa shape index (κ3) is 3.21. The summed E-state index contributed by atoms with van der Waals surface area (Å²) in [5, 5.41) is 0.746. The largest absolute Gasteiger partial charge is 0.497 e. The number of aromatic nitrogens is 4. The van der Waals surface area contributed by atoms with Crippen LogP contribution in [0.15, 0.2) is 72.1 Å².